The summed E-state index contributed by atoms with van der Waals surface area (Å²) in [5.41, 5.74) is 3.66. The highest BCUT2D eigenvalue weighted by atomic mass is 35.5. The highest BCUT2D eigenvalue weighted by molar-refractivity contribution is 6.30. The molecule has 1 aliphatic rings. The molecule has 0 radical (unpaired) electrons. The molecule has 27 heavy (non-hydrogen) atoms. The zero-order valence-corrected chi connectivity index (χ0v) is 16.3. The Morgan fingerprint density at radius 2 is 1.81 bits per heavy atom. The van der Waals surface area contributed by atoms with Gasteiger partial charge >= 0.3 is 0 Å². The SMILES string of the molecule is Cc1ccc(Cl)cc1N1CCN([C@H](C)C(=O)Nc2ccc(C#N)cc2)CC1. The number of carbonyl (C=O) groups is 1. The Kier molecular flexibility index (Phi) is 6.00. The summed E-state index contributed by atoms with van der Waals surface area (Å²) in [6.45, 7) is 7.36. The van der Waals surface area contributed by atoms with Gasteiger partial charge in [0.1, 0.15) is 0 Å². The Hall–Kier alpha value is -2.55. The van der Waals surface area contributed by atoms with Crippen LogP contribution in [-0.4, -0.2) is 43.0 Å². The number of nitriles is 1. The summed E-state index contributed by atoms with van der Waals surface area (Å²) >= 11 is 6.14. The van der Waals surface area contributed by atoms with Gasteiger partial charge in [0.2, 0.25) is 5.91 Å². The molecule has 1 heterocycles. The maximum Gasteiger partial charge on any atom is 0.241 e. The number of piperazine rings is 1. The molecular formula is C21H23ClN4O. The van der Waals surface area contributed by atoms with Gasteiger partial charge < -0.3 is 10.2 Å². The van der Waals surface area contributed by atoms with Gasteiger partial charge in [-0.2, -0.15) is 5.26 Å². The van der Waals surface area contributed by atoms with Crippen LogP contribution in [0.1, 0.15) is 18.1 Å². The van der Waals surface area contributed by atoms with Crippen molar-refractivity contribution in [3.63, 3.8) is 0 Å². The fourth-order valence-electron chi connectivity index (χ4n) is 3.31. The topological polar surface area (TPSA) is 59.4 Å². The molecule has 0 unspecified atom stereocenters. The molecule has 1 saturated heterocycles. The molecule has 0 aliphatic carbocycles. The number of hydrogen-bond donors (Lipinski definition) is 1. The lowest BCUT2D eigenvalue weighted by atomic mass is 10.1. The van der Waals surface area contributed by atoms with Gasteiger partial charge in [0.15, 0.2) is 0 Å². The molecule has 2 aromatic carbocycles. The first-order valence-corrected chi connectivity index (χ1v) is 9.42. The number of nitrogens with one attached hydrogen (secondary N) is 1. The Morgan fingerprint density at radius 1 is 1.15 bits per heavy atom. The number of carbonyl (C=O) groups excluding carboxylic acids is 1. The van der Waals surface area contributed by atoms with E-state index >= 15 is 0 Å². The van der Waals surface area contributed by atoms with Gasteiger partial charge in [0.05, 0.1) is 17.7 Å². The molecule has 1 N–H and O–H groups in total. The summed E-state index contributed by atoms with van der Waals surface area (Å²) in [5, 5.41) is 12.5. The molecular weight excluding hydrogens is 360 g/mol. The van der Waals surface area contributed by atoms with Crippen molar-refractivity contribution in [2.75, 3.05) is 36.4 Å². The molecule has 0 aromatic heterocycles. The molecule has 0 spiro atoms. The lowest BCUT2D eigenvalue weighted by Crippen LogP contribution is -2.53. The number of anilines is 2. The Labute approximate surface area is 165 Å². The second-order valence-corrected chi connectivity index (χ2v) is 7.24. The molecule has 140 valence electrons. The van der Waals surface area contributed by atoms with E-state index in [1.807, 2.05) is 25.1 Å². The van der Waals surface area contributed by atoms with Crippen LogP contribution in [0.2, 0.25) is 5.02 Å². The van der Waals surface area contributed by atoms with Crippen molar-refractivity contribution in [2.45, 2.75) is 19.9 Å². The lowest BCUT2D eigenvalue weighted by Gasteiger charge is -2.39. The maximum absolute atomic E-state index is 12.6. The third-order valence-electron chi connectivity index (χ3n) is 5.03. The van der Waals surface area contributed by atoms with Gasteiger partial charge in [0, 0.05) is 42.6 Å². The van der Waals surface area contributed by atoms with Gasteiger partial charge in [-0.05, 0) is 55.8 Å². The van der Waals surface area contributed by atoms with E-state index in [1.165, 1.54) is 5.56 Å². The van der Waals surface area contributed by atoms with Gasteiger partial charge in [-0.25, -0.2) is 0 Å². The summed E-state index contributed by atoms with van der Waals surface area (Å²) in [7, 11) is 0. The van der Waals surface area contributed by atoms with E-state index in [2.05, 4.69) is 28.1 Å². The van der Waals surface area contributed by atoms with E-state index in [-0.39, 0.29) is 11.9 Å². The summed E-state index contributed by atoms with van der Waals surface area (Å²) in [5.74, 6) is -0.0351. The van der Waals surface area contributed by atoms with Crippen LogP contribution in [0.15, 0.2) is 42.5 Å². The van der Waals surface area contributed by atoms with Crippen molar-refractivity contribution in [2.24, 2.45) is 0 Å². The summed E-state index contributed by atoms with van der Waals surface area (Å²) in [6.07, 6.45) is 0. The normalized spacial score (nSPS) is 15.9. The lowest BCUT2D eigenvalue weighted by molar-refractivity contribution is -0.120. The fraction of sp³-hybridized carbons (Fsp3) is 0.333. The van der Waals surface area contributed by atoms with Crippen LogP contribution >= 0.6 is 11.6 Å². The number of benzene rings is 2. The predicted molar refractivity (Wildman–Crippen MR) is 109 cm³/mol. The monoisotopic (exact) mass is 382 g/mol. The van der Waals surface area contributed by atoms with E-state index in [9.17, 15) is 4.79 Å². The number of rotatable bonds is 4. The van der Waals surface area contributed by atoms with Gasteiger partial charge in [-0.3, -0.25) is 9.69 Å². The van der Waals surface area contributed by atoms with Crippen molar-refractivity contribution < 1.29 is 4.79 Å². The highest BCUT2D eigenvalue weighted by Crippen LogP contribution is 2.25. The van der Waals surface area contributed by atoms with Crippen LogP contribution in [0.3, 0.4) is 0 Å². The largest absolute Gasteiger partial charge is 0.369 e. The van der Waals surface area contributed by atoms with Crippen LogP contribution in [0.4, 0.5) is 11.4 Å². The van der Waals surface area contributed by atoms with Crippen molar-refractivity contribution in [1.82, 2.24) is 4.90 Å². The van der Waals surface area contributed by atoms with Crippen LogP contribution in [-0.2, 0) is 4.79 Å². The average molecular weight is 383 g/mol. The highest BCUT2D eigenvalue weighted by Gasteiger charge is 2.26. The van der Waals surface area contributed by atoms with E-state index < -0.39 is 0 Å². The van der Waals surface area contributed by atoms with Gasteiger partial charge in [-0.1, -0.05) is 17.7 Å². The zero-order valence-electron chi connectivity index (χ0n) is 15.6. The molecule has 1 aliphatic heterocycles. The first-order valence-electron chi connectivity index (χ1n) is 9.04. The number of hydrogen-bond acceptors (Lipinski definition) is 4. The standard InChI is InChI=1S/C21H23ClN4O/c1-15-3-6-18(22)13-20(15)26-11-9-25(10-12-26)16(2)21(27)24-19-7-4-17(14-23)5-8-19/h3-8,13,16H,9-12H2,1-2H3,(H,24,27)/t16-/m1/s1. The van der Waals surface area contributed by atoms with E-state index in [4.69, 9.17) is 16.9 Å². The molecule has 0 bridgehead atoms. The third-order valence-corrected chi connectivity index (χ3v) is 5.27. The third kappa shape index (κ3) is 4.60. The molecule has 1 fully saturated rings. The van der Waals surface area contributed by atoms with Crippen molar-refractivity contribution >= 4 is 28.9 Å². The van der Waals surface area contributed by atoms with Crippen molar-refractivity contribution in [1.29, 1.82) is 5.26 Å². The molecule has 3 rings (SSSR count). The summed E-state index contributed by atoms with van der Waals surface area (Å²) in [6, 6.07) is 14.7. The second-order valence-electron chi connectivity index (χ2n) is 6.81. The van der Waals surface area contributed by atoms with Crippen molar-refractivity contribution in [3.05, 3.63) is 58.6 Å². The molecule has 0 saturated carbocycles. The minimum Gasteiger partial charge on any atom is -0.369 e. The predicted octanol–water partition coefficient (Wildman–Crippen LogP) is 3.67. The number of amides is 1. The quantitative estimate of drug-likeness (QED) is 0.876. The van der Waals surface area contributed by atoms with Crippen LogP contribution in [0.5, 0.6) is 0 Å². The average Bonchev–Trinajstić information content (AvgIpc) is 2.70. The summed E-state index contributed by atoms with van der Waals surface area (Å²) < 4.78 is 0. The van der Waals surface area contributed by atoms with Crippen LogP contribution < -0.4 is 10.2 Å². The first kappa shape index (κ1) is 19.2. The van der Waals surface area contributed by atoms with Gasteiger partial charge in [0.25, 0.3) is 0 Å². The number of aryl methyl sites for hydroxylation is 1. The maximum atomic E-state index is 12.6. The molecule has 1 amide bonds. The van der Waals surface area contributed by atoms with Crippen LogP contribution in [0.25, 0.3) is 0 Å². The second kappa shape index (κ2) is 8.43. The first-order chi connectivity index (χ1) is 13.0. The molecule has 2 aromatic rings. The van der Waals surface area contributed by atoms with Crippen molar-refractivity contribution in [3.8, 4) is 6.07 Å². The van der Waals surface area contributed by atoms with Gasteiger partial charge in [-0.15, -0.1) is 0 Å². The smallest absolute Gasteiger partial charge is 0.241 e. The molecule has 6 heteroatoms. The zero-order chi connectivity index (χ0) is 19.4. The Morgan fingerprint density at radius 3 is 2.44 bits per heavy atom. The van der Waals surface area contributed by atoms with E-state index in [0.717, 1.165) is 36.9 Å². The minimum absolute atomic E-state index is 0.0351. The van der Waals surface area contributed by atoms with E-state index in [1.54, 1.807) is 24.3 Å². The minimum atomic E-state index is -0.219. The van der Waals surface area contributed by atoms with E-state index in [0.29, 0.717) is 11.3 Å². The van der Waals surface area contributed by atoms with Crippen LogP contribution in [0, 0.1) is 18.3 Å². The Bertz CT molecular complexity index is 851. The number of halogens is 1. The fourth-order valence-corrected chi connectivity index (χ4v) is 3.48. The molecule has 1 atom stereocenters. The Balaban J connectivity index is 1.57. The molecule has 5 nitrogen and oxygen atoms in total. The summed E-state index contributed by atoms with van der Waals surface area (Å²) in [4.78, 5) is 17.1. The number of nitrogens with zero attached hydrogens (tertiary/aromatic N) is 3.